The van der Waals surface area contributed by atoms with Crippen LogP contribution in [-0.2, 0) is 30.2 Å². The van der Waals surface area contributed by atoms with E-state index in [1.165, 1.54) is 25.3 Å². The minimum absolute atomic E-state index is 0.0300. The number of carbonyl (C=O) groups excluding carboxylic acids is 1. The molecule has 0 saturated carbocycles. The van der Waals surface area contributed by atoms with Gasteiger partial charge in [-0.25, -0.2) is 16.8 Å². The molecule has 0 unspecified atom stereocenters. The number of ether oxygens (including phenoxy) is 1. The van der Waals surface area contributed by atoms with Crippen LogP contribution in [0.2, 0.25) is 0 Å². The third-order valence-electron chi connectivity index (χ3n) is 2.37. The van der Waals surface area contributed by atoms with Gasteiger partial charge in [-0.15, -0.1) is 0 Å². The van der Waals surface area contributed by atoms with Crippen molar-refractivity contribution in [3.8, 4) is 5.75 Å². The molecule has 1 N–H and O–H groups in total. The zero-order valence-corrected chi connectivity index (χ0v) is 13.7. The molecule has 21 heavy (non-hydrogen) atoms. The highest BCUT2D eigenvalue weighted by Gasteiger charge is 2.17. The first-order chi connectivity index (χ1) is 9.53. The number of halogens is 1. The van der Waals surface area contributed by atoms with Crippen LogP contribution in [0.15, 0.2) is 23.1 Å². The van der Waals surface area contributed by atoms with Gasteiger partial charge in [0.2, 0.25) is 5.91 Å². The average molecular weight is 356 g/mol. The van der Waals surface area contributed by atoms with E-state index in [-0.39, 0.29) is 17.2 Å². The lowest BCUT2D eigenvalue weighted by Crippen LogP contribution is -2.29. The Kier molecular flexibility index (Phi) is 5.60. The summed E-state index contributed by atoms with van der Waals surface area (Å²) < 4.78 is 49.6. The summed E-state index contributed by atoms with van der Waals surface area (Å²) in [7, 11) is -0.826. The Bertz CT molecular complexity index is 742. The van der Waals surface area contributed by atoms with Gasteiger partial charge in [-0.1, -0.05) is 6.07 Å². The molecule has 0 heterocycles. The molecule has 1 amide bonds. The predicted octanol–water partition coefficient (Wildman–Crippen LogP) is 0.284. The first kappa shape index (κ1) is 17.7. The maximum atomic E-state index is 11.4. The van der Waals surface area contributed by atoms with Gasteiger partial charge in [0.15, 0.2) is 9.84 Å². The third-order valence-corrected chi connectivity index (χ3v) is 4.50. The Morgan fingerprint density at radius 1 is 1.29 bits per heavy atom. The molecule has 0 radical (unpaired) electrons. The van der Waals surface area contributed by atoms with Gasteiger partial charge in [-0.2, -0.15) is 0 Å². The minimum atomic E-state index is -4.00. The van der Waals surface area contributed by atoms with Crippen molar-refractivity contribution in [3.63, 3.8) is 0 Å². The molecule has 0 atom stereocenters. The molecule has 0 aliphatic carbocycles. The number of amides is 1. The Morgan fingerprint density at radius 3 is 2.38 bits per heavy atom. The van der Waals surface area contributed by atoms with Crippen molar-refractivity contribution in [1.29, 1.82) is 0 Å². The Balaban J connectivity index is 2.89. The van der Waals surface area contributed by atoms with E-state index in [0.29, 0.717) is 5.56 Å². The van der Waals surface area contributed by atoms with Crippen molar-refractivity contribution in [1.82, 2.24) is 5.32 Å². The Morgan fingerprint density at radius 2 is 1.90 bits per heavy atom. The van der Waals surface area contributed by atoms with Crippen molar-refractivity contribution in [2.45, 2.75) is 11.4 Å². The van der Waals surface area contributed by atoms with Crippen molar-refractivity contribution < 1.29 is 26.4 Å². The van der Waals surface area contributed by atoms with Crippen molar-refractivity contribution in [2.75, 3.05) is 19.1 Å². The highest BCUT2D eigenvalue weighted by molar-refractivity contribution is 8.13. The predicted molar refractivity (Wildman–Crippen MR) is 77.6 cm³/mol. The van der Waals surface area contributed by atoms with E-state index >= 15 is 0 Å². The number of rotatable bonds is 6. The van der Waals surface area contributed by atoms with Gasteiger partial charge in [0.25, 0.3) is 9.05 Å². The van der Waals surface area contributed by atoms with Gasteiger partial charge >= 0.3 is 0 Å². The van der Waals surface area contributed by atoms with E-state index in [0.717, 1.165) is 6.26 Å². The number of methoxy groups -OCH3 is 1. The molecule has 10 heteroatoms. The second-order valence-electron chi connectivity index (χ2n) is 4.27. The number of nitrogens with one attached hydrogen (secondary N) is 1. The molecule has 0 aromatic heterocycles. The molecule has 0 bridgehead atoms. The normalized spacial score (nSPS) is 12.0. The average Bonchev–Trinajstić information content (AvgIpc) is 2.33. The quantitative estimate of drug-likeness (QED) is 0.735. The minimum Gasteiger partial charge on any atom is -0.495 e. The van der Waals surface area contributed by atoms with Crippen LogP contribution >= 0.6 is 10.7 Å². The van der Waals surface area contributed by atoms with Crippen LogP contribution in [0.3, 0.4) is 0 Å². The summed E-state index contributed by atoms with van der Waals surface area (Å²) in [6.45, 7) is -0.0300. The molecule has 118 valence electrons. The largest absolute Gasteiger partial charge is 0.495 e. The summed E-state index contributed by atoms with van der Waals surface area (Å²) in [6, 6.07) is 4.18. The molecule has 0 fully saturated rings. The van der Waals surface area contributed by atoms with Crippen LogP contribution in [0.4, 0.5) is 0 Å². The zero-order chi connectivity index (χ0) is 16.3. The van der Waals surface area contributed by atoms with Crippen LogP contribution in [-0.4, -0.2) is 41.9 Å². The number of sulfone groups is 1. The maximum absolute atomic E-state index is 11.4. The van der Waals surface area contributed by atoms with E-state index in [1.807, 2.05) is 0 Å². The summed E-state index contributed by atoms with van der Waals surface area (Å²) >= 11 is 0. The van der Waals surface area contributed by atoms with Gasteiger partial charge in [0.05, 0.1) is 7.11 Å². The fourth-order valence-corrected chi connectivity index (χ4v) is 3.14. The number of hydrogen-bond acceptors (Lipinski definition) is 6. The fraction of sp³-hybridized carbons (Fsp3) is 0.364. The Hall–Kier alpha value is -1.32. The highest BCUT2D eigenvalue weighted by atomic mass is 35.7. The first-order valence-electron chi connectivity index (χ1n) is 5.59. The Labute approximate surface area is 127 Å². The summed E-state index contributed by atoms with van der Waals surface area (Å²) in [5, 5.41) is 2.37. The molecule has 0 saturated heterocycles. The summed E-state index contributed by atoms with van der Waals surface area (Å²) in [4.78, 5) is 11.2. The lowest BCUT2D eigenvalue weighted by atomic mass is 10.2. The van der Waals surface area contributed by atoms with E-state index in [4.69, 9.17) is 15.4 Å². The molecular weight excluding hydrogens is 342 g/mol. The van der Waals surface area contributed by atoms with Crippen molar-refractivity contribution >= 4 is 35.5 Å². The van der Waals surface area contributed by atoms with E-state index in [2.05, 4.69) is 5.32 Å². The second-order valence-corrected chi connectivity index (χ2v) is 8.94. The van der Waals surface area contributed by atoms with Gasteiger partial charge in [0.1, 0.15) is 16.4 Å². The van der Waals surface area contributed by atoms with Crippen LogP contribution in [0.25, 0.3) is 0 Å². The number of benzene rings is 1. The van der Waals surface area contributed by atoms with Crippen LogP contribution in [0.5, 0.6) is 5.75 Å². The van der Waals surface area contributed by atoms with Gasteiger partial charge in [-0.3, -0.25) is 4.79 Å². The lowest BCUT2D eigenvalue weighted by molar-refractivity contribution is -0.118. The monoisotopic (exact) mass is 355 g/mol. The van der Waals surface area contributed by atoms with Crippen LogP contribution in [0.1, 0.15) is 5.56 Å². The van der Waals surface area contributed by atoms with Gasteiger partial charge in [0, 0.05) is 23.5 Å². The fourth-order valence-electron chi connectivity index (χ4n) is 1.51. The highest BCUT2D eigenvalue weighted by Crippen LogP contribution is 2.27. The first-order valence-corrected chi connectivity index (χ1v) is 9.96. The molecule has 1 aromatic rings. The van der Waals surface area contributed by atoms with Gasteiger partial charge in [-0.05, 0) is 17.7 Å². The number of carbonyl (C=O) groups is 1. The molecule has 0 aliphatic heterocycles. The summed E-state index contributed by atoms with van der Waals surface area (Å²) in [5.41, 5.74) is 0.442. The maximum Gasteiger partial charge on any atom is 0.264 e. The molecule has 1 rings (SSSR count). The molecule has 7 nitrogen and oxygen atoms in total. The summed E-state index contributed by atoms with van der Waals surface area (Å²) in [5.74, 6) is -1.23. The number of hydrogen-bond donors (Lipinski definition) is 1. The van der Waals surface area contributed by atoms with Gasteiger partial charge < -0.3 is 10.1 Å². The van der Waals surface area contributed by atoms with E-state index in [9.17, 15) is 21.6 Å². The van der Waals surface area contributed by atoms with Crippen LogP contribution < -0.4 is 10.1 Å². The second kappa shape index (κ2) is 6.63. The third kappa shape index (κ3) is 5.90. The molecule has 0 aliphatic rings. The zero-order valence-electron chi connectivity index (χ0n) is 11.3. The standard InChI is InChI=1S/C11H14ClNO6S2/c1-19-9-4-3-8(5-10(9)21(12,17)18)6-13-11(14)7-20(2,15)16/h3-5H,6-7H2,1-2H3,(H,13,14). The summed E-state index contributed by atoms with van der Waals surface area (Å²) in [6.07, 6.45) is 0.943. The smallest absolute Gasteiger partial charge is 0.264 e. The SMILES string of the molecule is COc1ccc(CNC(=O)CS(C)(=O)=O)cc1S(=O)(=O)Cl. The van der Waals surface area contributed by atoms with Crippen molar-refractivity contribution in [3.05, 3.63) is 23.8 Å². The molecular formula is C11H14ClNO6S2. The topological polar surface area (TPSA) is 107 Å². The van der Waals surface area contributed by atoms with E-state index < -0.39 is 30.5 Å². The molecule has 1 aromatic carbocycles. The van der Waals surface area contributed by atoms with Crippen molar-refractivity contribution in [2.24, 2.45) is 0 Å². The lowest BCUT2D eigenvalue weighted by Gasteiger charge is -2.09. The van der Waals surface area contributed by atoms with E-state index in [1.54, 1.807) is 0 Å². The van der Waals surface area contributed by atoms with Crippen LogP contribution in [0, 0.1) is 0 Å². The molecule has 0 spiro atoms.